The van der Waals surface area contributed by atoms with E-state index in [0.717, 1.165) is 12.1 Å². The monoisotopic (exact) mass is 156 g/mol. The normalized spacial score (nSPS) is 12.3. The van der Waals surface area contributed by atoms with Gasteiger partial charge in [-0.05, 0) is 12.8 Å². The second kappa shape index (κ2) is 4.77. The first-order chi connectivity index (χ1) is 5.17. The van der Waals surface area contributed by atoms with E-state index in [1.807, 2.05) is 13.8 Å². The molecule has 0 atom stereocenters. The van der Waals surface area contributed by atoms with Crippen LogP contribution in [0.3, 0.4) is 0 Å². The van der Waals surface area contributed by atoms with Gasteiger partial charge in [0.2, 0.25) is 5.91 Å². The van der Waals surface area contributed by atoms with Crippen molar-refractivity contribution in [2.75, 3.05) is 7.05 Å². The van der Waals surface area contributed by atoms with Gasteiger partial charge in [0.25, 0.3) is 0 Å². The van der Waals surface area contributed by atoms with Crippen LogP contribution in [0.2, 0.25) is 0 Å². The number of primary amides is 1. The molecule has 0 spiro atoms. The van der Waals surface area contributed by atoms with Gasteiger partial charge < -0.3 is 11.1 Å². The van der Waals surface area contributed by atoms with Crippen LogP contribution in [0.15, 0.2) is 11.3 Å². The second-order valence-corrected chi connectivity index (χ2v) is 2.28. The first-order valence-electron chi connectivity index (χ1n) is 3.86. The van der Waals surface area contributed by atoms with Crippen LogP contribution in [-0.2, 0) is 4.79 Å². The fourth-order valence-electron chi connectivity index (χ4n) is 1.08. The molecule has 0 aromatic rings. The summed E-state index contributed by atoms with van der Waals surface area (Å²) >= 11 is 0. The zero-order valence-electron chi connectivity index (χ0n) is 7.40. The number of amides is 1. The highest BCUT2D eigenvalue weighted by molar-refractivity contribution is 5.92. The summed E-state index contributed by atoms with van der Waals surface area (Å²) in [7, 11) is 1.80. The molecular formula is C8H16N2O. The molecular weight excluding hydrogens is 140 g/mol. The Morgan fingerprint density at radius 3 is 2.00 bits per heavy atom. The SMILES string of the molecule is CCC(NC)=C(CC)C(N)=O. The minimum Gasteiger partial charge on any atom is -0.391 e. The molecule has 0 radical (unpaired) electrons. The number of rotatable bonds is 4. The van der Waals surface area contributed by atoms with E-state index in [2.05, 4.69) is 5.32 Å². The van der Waals surface area contributed by atoms with Crippen LogP contribution in [0.1, 0.15) is 26.7 Å². The van der Waals surface area contributed by atoms with Gasteiger partial charge in [-0.2, -0.15) is 0 Å². The smallest absolute Gasteiger partial charge is 0.246 e. The van der Waals surface area contributed by atoms with Gasteiger partial charge >= 0.3 is 0 Å². The molecule has 0 aromatic heterocycles. The van der Waals surface area contributed by atoms with Crippen LogP contribution in [0.4, 0.5) is 0 Å². The molecule has 1 amide bonds. The topological polar surface area (TPSA) is 55.1 Å². The molecule has 3 nitrogen and oxygen atoms in total. The molecule has 0 heterocycles. The highest BCUT2D eigenvalue weighted by Gasteiger charge is 2.06. The molecule has 0 rings (SSSR count). The Labute approximate surface area is 67.7 Å². The maximum absolute atomic E-state index is 10.8. The van der Waals surface area contributed by atoms with Crippen molar-refractivity contribution < 1.29 is 4.79 Å². The third kappa shape index (κ3) is 2.62. The molecule has 3 heteroatoms. The lowest BCUT2D eigenvalue weighted by Gasteiger charge is -2.08. The molecule has 3 N–H and O–H groups in total. The fourth-order valence-corrected chi connectivity index (χ4v) is 1.08. The molecule has 0 bridgehead atoms. The summed E-state index contributed by atoms with van der Waals surface area (Å²) in [5.74, 6) is -0.321. The van der Waals surface area contributed by atoms with Gasteiger partial charge in [-0.25, -0.2) is 0 Å². The molecule has 0 unspecified atom stereocenters. The summed E-state index contributed by atoms with van der Waals surface area (Å²) in [4.78, 5) is 10.8. The van der Waals surface area contributed by atoms with Crippen LogP contribution in [-0.4, -0.2) is 13.0 Å². The Balaban J connectivity index is 4.62. The molecule has 0 fully saturated rings. The molecule has 11 heavy (non-hydrogen) atoms. The van der Waals surface area contributed by atoms with Crippen molar-refractivity contribution in [1.82, 2.24) is 5.32 Å². The number of nitrogens with one attached hydrogen (secondary N) is 1. The predicted molar refractivity (Wildman–Crippen MR) is 45.9 cm³/mol. The highest BCUT2D eigenvalue weighted by Crippen LogP contribution is 2.07. The molecule has 0 aliphatic heterocycles. The van der Waals surface area contributed by atoms with E-state index in [1.54, 1.807) is 7.05 Å². The van der Waals surface area contributed by atoms with Gasteiger partial charge in [-0.3, -0.25) is 4.79 Å². The van der Waals surface area contributed by atoms with Crippen molar-refractivity contribution in [1.29, 1.82) is 0 Å². The predicted octanol–water partition coefficient (Wildman–Crippen LogP) is 0.765. The maximum Gasteiger partial charge on any atom is 0.246 e. The van der Waals surface area contributed by atoms with Crippen LogP contribution < -0.4 is 11.1 Å². The van der Waals surface area contributed by atoms with Gasteiger partial charge in [0, 0.05) is 18.3 Å². The quantitative estimate of drug-likeness (QED) is 0.590. The summed E-state index contributed by atoms with van der Waals surface area (Å²) in [5.41, 5.74) is 6.81. The van der Waals surface area contributed by atoms with E-state index in [0.29, 0.717) is 12.0 Å². The first kappa shape index (κ1) is 10.0. The van der Waals surface area contributed by atoms with Gasteiger partial charge in [0.15, 0.2) is 0 Å². The van der Waals surface area contributed by atoms with E-state index < -0.39 is 0 Å². The van der Waals surface area contributed by atoms with Crippen molar-refractivity contribution in [3.63, 3.8) is 0 Å². The van der Waals surface area contributed by atoms with Gasteiger partial charge in [0.05, 0.1) is 0 Å². The Bertz CT molecular complexity index is 167. The van der Waals surface area contributed by atoms with Crippen LogP contribution in [0.5, 0.6) is 0 Å². The number of carbonyl (C=O) groups excluding carboxylic acids is 1. The third-order valence-electron chi connectivity index (χ3n) is 1.67. The van der Waals surface area contributed by atoms with E-state index in [9.17, 15) is 4.79 Å². The minimum absolute atomic E-state index is 0.321. The van der Waals surface area contributed by atoms with E-state index in [1.165, 1.54) is 0 Å². The summed E-state index contributed by atoms with van der Waals surface area (Å²) in [6.45, 7) is 3.91. The first-order valence-corrected chi connectivity index (χ1v) is 3.86. The van der Waals surface area contributed by atoms with Crippen LogP contribution >= 0.6 is 0 Å². The molecule has 0 aromatic carbocycles. The Hall–Kier alpha value is -0.990. The average molecular weight is 156 g/mol. The van der Waals surface area contributed by atoms with Crippen molar-refractivity contribution in [3.05, 3.63) is 11.3 Å². The molecule has 64 valence electrons. The number of carbonyl (C=O) groups is 1. The average Bonchev–Trinajstić information content (AvgIpc) is 1.99. The number of allylic oxidation sites excluding steroid dienone is 1. The molecule has 0 saturated carbocycles. The largest absolute Gasteiger partial charge is 0.391 e. The molecule has 0 saturated heterocycles. The summed E-state index contributed by atoms with van der Waals surface area (Å²) in [5, 5.41) is 2.96. The highest BCUT2D eigenvalue weighted by atomic mass is 16.1. The molecule has 0 aliphatic carbocycles. The second-order valence-electron chi connectivity index (χ2n) is 2.28. The number of nitrogens with two attached hydrogens (primary N) is 1. The number of hydrogen-bond acceptors (Lipinski definition) is 2. The van der Waals surface area contributed by atoms with Crippen molar-refractivity contribution >= 4 is 5.91 Å². The maximum atomic E-state index is 10.8. The van der Waals surface area contributed by atoms with Crippen LogP contribution in [0, 0.1) is 0 Å². The van der Waals surface area contributed by atoms with Gasteiger partial charge in [-0.1, -0.05) is 13.8 Å². The summed E-state index contributed by atoms with van der Waals surface area (Å²) in [6.07, 6.45) is 1.52. The lowest BCUT2D eigenvalue weighted by atomic mass is 10.1. The zero-order chi connectivity index (χ0) is 8.85. The Morgan fingerprint density at radius 2 is 1.91 bits per heavy atom. The lowest BCUT2D eigenvalue weighted by Crippen LogP contribution is -2.20. The number of hydrogen-bond donors (Lipinski definition) is 2. The fraction of sp³-hybridized carbons (Fsp3) is 0.625. The third-order valence-corrected chi connectivity index (χ3v) is 1.67. The van der Waals surface area contributed by atoms with Gasteiger partial charge in [0.1, 0.15) is 0 Å². The summed E-state index contributed by atoms with van der Waals surface area (Å²) < 4.78 is 0. The minimum atomic E-state index is -0.321. The van der Waals surface area contributed by atoms with Crippen LogP contribution in [0.25, 0.3) is 0 Å². The van der Waals surface area contributed by atoms with E-state index in [-0.39, 0.29) is 5.91 Å². The van der Waals surface area contributed by atoms with Crippen molar-refractivity contribution in [2.45, 2.75) is 26.7 Å². The zero-order valence-corrected chi connectivity index (χ0v) is 7.40. The Morgan fingerprint density at radius 1 is 1.36 bits per heavy atom. The van der Waals surface area contributed by atoms with E-state index in [4.69, 9.17) is 5.73 Å². The standard InChI is InChI=1S/C8H16N2O/c1-4-6(8(9)11)7(5-2)10-3/h10H,4-5H2,1-3H3,(H2,9,11). The molecule has 0 aliphatic rings. The van der Waals surface area contributed by atoms with E-state index >= 15 is 0 Å². The van der Waals surface area contributed by atoms with Crippen molar-refractivity contribution in [2.24, 2.45) is 5.73 Å². The summed E-state index contributed by atoms with van der Waals surface area (Å²) in [6, 6.07) is 0. The lowest BCUT2D eigenvalue weighted by molar-refractivity contribution is -0.114. The Kier molecular flexibility index (Phi) is 4.34. The van der Waals surface area contributed by atoms with Crippen molar-refractivity contribution in [3.8, 4) is 0 Å². The van der Waals surface area contributed by atoms with Gasteiger partial charge in [-0.15, -0.1) is 0 Å².